The predicted molar refractivity (Wildman–Crippen MR) is 110 cm³/mol. The minimum Gasteiger partial charge on any atom is -0.494 e. The van der Waals surface area contributed by atoms with Gasteiger partial charge in [-0.15, -0.1) is 0 Å². The Hall–Kier alpha value is -1.69. The largest absolute Gasteiger partial charge is 0.494 e. The number of unbranched alkanes of at least 4 members (excludes halogenated alkanes) is 1. The number of hydrogen-bond acceptors (Lipinski definition) is 7. The number of nitrogens with zero attached hydrogens (tertiary/aromatic N) is 2. The molecule has 0 bridgehead atoms. The third-order valence-corrected chi connectivity index (χ3v) is 9.34. The van der Waals surface area contributed by atoms with E-state index in [2.05, 4.69) is 0 Å². The first-order valence-corrected chi connectivity index (χ1v) is 13.1. The highest BCUT2D eigenvalue weighted by atomic mass is 32.2. The summed E-state index contributed by atoms with van der Waals surface area (Å²) in [6.07, 6.45) is 2.46. The third kappa shape index (κ3) is 4.63. The molecule has 0 spiro atoms. The highest BCUT2D eigenvalue weighted by Gasteiger charge is 2.49. The number of ether oxygens (including phenoxy) is 2. The lowest BCUT2D eigenvalue weighted by molar-refractivity contribution is -0.144. The molecule has 2 aliphatic rings. The first-order chi connectivity index (χ1) is 14.2. The Bertz CT molecular complexity index is 961. The SMILES string of the molecule is CCCCOc1ccc(S(=O)(=O)N2C[C@@H](N3CCCS3(=O)=O)C[C@@H]2C(=O)OC)cc1. The lowest BCUT2D eigenvalue weighted by atomic mass is 10.2. The molecule has 2 atom stereocenters. The molecule has 1 aromatic rings. The van der Waals surface area contributed by atoms with Gasteiger partial charge in [-0.25, -0.2) is 16.8 Å². The van der Waals surface area contributed by atoms with Gasteiger partial charge in [0, 0.05) is 19.1 Å². The van der Waals surface area contributed by atoms with Crippen LogP contribution in [0.15, 0.2) is 29.2 Å². The zero-order valence-electron chi connectivity index (χ0n) is 17.2. The van der Waals surface area contributed by atoms with E-state index in [1.807, 2.05) is 6.92 Å². The smallest absolute Gasteiger partial charge is 0.324 e. The van der Waals surface area contributed by atoms with Crippen molar-refractivity contribution in [3.8, 4) is 5.75 Å². The molecule has 168 valence electrons. The van der Waals surface area contributed by atoms with Crippen molar-refractivity contribution in [2.24, 2.45) is 0 Å². The summed E-state index contributed by atoms with van der Waals surface area (Å²) >= 11 is 0. The number of esters is 1. The van der Waals surface area contributed by atoms with Gasteiger partial charge in [-0.05, 0) is 43.5 Å². The van der Waals surface area contributed by atoms with Crippen molar-refractivity contribution in [2.75, 3.05) is 32.6 Å². The molecule has 2 fully saturated rings. The van der Waals surface area contributed by atoms with Crippen molar-refractivity contribution < 1.29 is 31.1 Å². The van der Waals surface area contributed by atoms with E-state index < -0.39 is 38.1 Å². The first kappa shape index (κ1) is 23.0. The summed E-state index contributed by atoms with van der Waals surface area (Å²) in [5.74, 6) is -0.0925. The van der Waals surface area contributed by atoms with Crippen LogP contribution in [0.1, 0.15) is 32.6 Å². The van der Waals surface area contributed by atoms with Crippen LogP contribution in [-0.2, 0) is 29.6 Å². The highest BCUT2D eigenvalue weighted by Crippen LogP contribution is 2.33. The van der Waals surface area contributed by atoms with Crippen LogP contribution in [0.25, 0.3) is 0 Å². The molecular weight excluding hydrogens is 432 g/mol. The number of carbonyl (C=O) groups excluding carboxylic acids is 1. The van der Waals surface area contributed by atoms with Gasteiger partial charge >= 0.3 is 5.97 Å². The van der Waals surface area contributed by atoms with Crippen molar-refractivity contribution in [1.29, 1.82) is 0 Å². The Kier molecular flexibility index (Phi) is 7.05. The van der Waals surface area contributed by atoms with E-state index in [0.29, 0.717) is 25.3 Å². The van der Waals surface area contributed by atoms with Crippen molar-refractivity contribution >= 4 is 26.0 Å². The van der Waals surface area contributed by atoms with Crippen LogP contribution >= 0.6 is 0 Å². The highest BCUT2D eigenvalue weighted by molar-refractivity contribution is 7.89. The van der Waals surface area contributed by atoms with Gasteiger partial charge in [0.2, 0.25) is 20.0 Å². The molecule has 2 heterocycles. The maximum Gasteiger partial charge on any atom is 0.324 e. The van der Waals surface area contributed by atoms with Gasteiger partial charge in [0.05, 0.1) is 24.4 Å². The topological polar surface area (TPSA) is 110 Å². The van der Waals surface area contributed by atoms with E-state index in [9.17, 15) is 21.6 Å². The molecule has 30 heavy (non-hydrogen) atoms. The lowest BCUT2D eigenvalue weighted by Crippen LogP contribution is -2.42. The molecule has 3 rings (SSSR count). The van der Waals surface area contributed by atoms with E-state index in [-0.39, 0.29) is 23.6 Å². The third-order valence-electron chi connectivity index (χ3n) is 5.45. The fraction of sp³-hybridized carbons (Fsp3) is 0.632. The Labute approximate surface area is 178 Å². The first-order valence-electron chi connectivity index (χ1n) is 10.0. The second-order valence-electron chi connectivity index (χ2n) is 7.46. The van der Waals surface area contributed by atoms with Crippen molar-refractivity contribution in [1.82, 2.24) is 8.61 Å². The van der Waals surface area contributed by atoms with Crippen molar-refractivity contribution in [2.45, 2.75) is 49.6 Å². The monoisotopic (exact) mass is 460 g/mol. The van der Waals surface area contributed by atoms with Gasteiger partial charge in [0.25, 0.3) is 0 Å². The average molecular weight is 461 g/mol. The fourth-order valence-corrected chi connectivity index (χ4v) is 7.22. The van der Waals surface area contributed by atoms with E-state index >= 15 is 0 Å². The number of benzene rings is 1. The van der Waals surface area contributed by atoms with E-state index in [1.54, 1.807) is 12.1 Å². The Morgan fingerprint density at radius 2 is 1.93 bits per heavy atom. The van der Waals surface area contributed by atoms with Crippen LogP contribution in [0.4, 0.5) is 0 Å². The number of sulfonamides is 2. The summed E-state index contributed by atoms with van der Waals surface area (Å²) in [6, 6.07) is 4.37. The van der Waals surface area contributed by atoms with Crippen LogP contribution in [0, 0.1) is 0 Å². The van der Waals surface area contributed by atoms with Crippen molar-refractivity contribution in [3.05, 3.63) is 24.3 Å². The molecular formula is C19H28N2O7S2. The molecule has 2 saturated heterocycles. The lowest BCUT2D eigenvalue weighted by Gasteiger charge is -2.23. The van der Waals surface area contributed by atoms with Crippen LogP contribution in [0.2, 0.25) is 0 Å². The quantitative estimate of drug-likeness (QED) is 0.423. The Morgan fingerprint density at radius 3 is 2.50 bits per heavy atom. The second kappa shape index (κ2) is 9.21. The zero-order valence-corrected chi connectivity index (χ0v) is 18.8. The number of rotatable bonds is 8. The van der Waals surface area contributed by atoms with Gasteiger partial charge < -0.3 is 9.47 Å². The molecule has 0 aliphatic carbocycles. The van der Waals surface area contributed by atoms with Crippen molar-refractivity contribution in [3.63, 3.8) is 0 Å². The number of carbonyl (C=O) groups is 1. The van der Waals surface area contributed by atoms with Crippen LogP contribution < -0.4 is 4.74 Å². The molecule has 0 radical (unpaired) electrons. The molecule has 0 amide bonds. The molecule has 1 aromatic carbocycles. The minimum atomic E-state index is -4.03. The van der Waals surface area contributed by atoms with Crippen LogP contribution in [0.5, 0.6) is 5.75 Å². The number of hydrogen-bond donors (Lipinski definition) is 0. The van der Waals surface area contributed by atoms with Gasteiger partial charge in [0.1, 0.15) is 11.8 Å². The molecule has 0 saturated carbocycles. The van der Waals surface area contributed by atoms with Gasteiger partial charge in [0.15, 0.2) is 0 Å². The zero-order chi connectivity index (χ0) is 21.9. The molecule has 9 nitrogen and oxygen atoms in total. The summed E-state index contributed by atoms with van der Waals surface area (Å²) in [7, 11) is -6.27. The average Bonchev–Trinajstić information content (AvgIpc) is 3.31. The summed E-state index contributed by atoms with van der Waals surface area (Å²) < 4.78 is 63.9. The van der Waals surface area contributed by atoms with E-state index in [0.717, 1.165) is 17.1 Å². The summed E-state index contributed by atoms with van der Waals surface area (Å²) in [6.45, 7) is 2.84. The predicted octanol–water partition coefficient (Wildman–Crippen LogP) is 1.21. The molecule has 0 aromatic heterocycles. The van der Waals surface area contributed by atoms with Crippen LogP contribution in [0.3, 0.4) is 0 Å². The maximum absolute atomic E-state index is 13.3. The summed E-state index contributed by atoms with van der Waals surface area (Å²) in [5.41, 5.74) is 0. The number of methoxy groups -OCH3 is 1. The van der Waals surface area contributed by atoms with Crippen LogP contribution in [-0.4, -0.2) is 76.1 Å². The fourth-order valence-electron chi connectivity index (χ4n) is 3.86. The van der Waals surface area contributed by atoms with Gasteiger partial charge in [-0.1, -0.05) is 13.3 Å². The minimum absolute atomic E-state index is 0.0178. The molecule has 0 unspecified atom stereocenters. The molecule has 0 N–H and O–H groups in total. The second-order valence-corrected chi connectivity index (χ2v) is 11.4. The normalized spacial score (nSPS) is 24.7. The van der Waals surface area contributed by atoms with E-state index in [4.69, 9.17) is 9.47 Å². The van der Waals surface area contributed by atoms with Gasteiger partial charge in [-0.3, -0.25) is 4.79 Å². The van der Waals surface area contributed by atoms with Gasteiger partial charge in [-0.2, -0.15) is 8.61 Å². The molecule has 2 aliphatic heterocycles. The molecule has 11 heteroatoms. The maximum atomic E-state index is 13.3. The summed E-state index contributed by atoms with van der Waals surface area (Å²) in [4.78, 5) is 12.3. The standard InChI is InChI=1S/C19H28N2O7S2/c1-3-4-11-28-16-6-8-17(9-7-16)30(25,26)21-14-15(13-18(21)19(22)27-2)20-10-5-12-29(20,23)24/h6-9,15,18H,3-5,10-14H2,1-2H3/t15-,18+/m0/s1. The summed E-state index contributed by atoms with van der Waals surface area (Å²) in [5, 5.41) is 0. The Morgan fingerprint density at radius 1 is 1.23 bits per heavy atom. The Balaban J connectivity index is 1.84. The van der Waals surface area contributed by atoms with E-state index in [1.165, 1.54) is 23.5 Å².